The summed E-state index contributed by atoms with van der Waals surface area (Å²) in [5.41, 5.74) is 0.681. The summed E-state index contributed by atoms with van der Waals surface area (Å²) in [5.74, 6) is 1.35. The Kier molecular flexibility index (Phi) is 4.27. The summed E-state index contributed by atoms with van der Waals surface area (Å²) in [6.45, 7) is 3.22. The monoisotopic (exact) mass is 298 g/mol. The Morgan fingerprint density at radius 2 is 1.91 bits per heavy atom. The molecule has 3 rings (SSSR count). The van der Waals surface area contributed by atoms with Crippen molar-refractivity contribution in [2.45, 2.75) is 25.9 Å². The molecule has 2 aromatic heterocycles. The van der Waals surface area contributed by atoms with Crippen LogP contribution in [0.3, 0.4) is 0 Å². The first-order valence-electron chi connectivity index (χ1n) is 7.38. The van der Waals surface area contributed by atoms with E-state index < -0.39 is 0 Å². The zero-order chi connectivity index (χ0) is 15.4. The van der Waals surface area contributed by atoms with Gasteiger partial charge in [0.05, 0.1) is 0 Å². The van der Waals surface area contributed by atoms with Gasteiger partial charge in [-0.05, 0) is 19.1 Å². The molecule has 6 nitrogen and oxygen atoms in total. The first-order chi connectivity index (χ1) is 10.7. The molecule has 3 heterocycles. The van der Waals surface area contributed by atoms with Crippen LogP contribution in [0, 0.1) is 6.92 Å². The Bertz CT molecular complexity index is 640. The van der Waals surface area contributed by atoms with E-state index in [0.29, 0.717) is 30.4 Å². The molecule has 0 spiro atoms. The second-order valence-electron chi connectivity index (χ2n) is 5.29. The number of piperidine rings is 1. The quantitative estimate of drug-likeness (QED) is 0.865. The molecule has 0 N–H and O–H groups in total. The summed E-state index contributed by atoms with van der Waals surface area (Å²) in [7, 11) is 0. The predicted octanol–water partition coefficient (Wildman–Crippen LogP) is 1.86. The second kappa shape index (κ2) is 6.51. The van der Waals surface area contributed by atoms with Gasteiger partial charge in [0.15, 0.2) is 0 Å². The van der Waals surface area contributed by atoms with Crippen LogP contribution in [0.25, 0.3) is 0 Å². The molecular formula is C16H18N4O2. The molecule has 0 saturated carbocycles. The number of aromatic nitrogens is 3. The number of rotatable bonds is 3. The zero-order valence-corrected chi connectivity index (χ0v) is 12.5. The third-order valence-electron chi connectivity index (χ3n) is 3.69. The van der Waals surface area contributed by atoms with Crippen molar-refractivity contribution < 1.29 is 9.53 Å². The van der Waals surface area contributed by atoms with Crippen molar-refractivity contribution in [3.05, 3.63) is 48.2 Å². The fourth-order valence-corrected chi connectivity index (χ4v) is 2.52. The minimum absolute atomic E-state index is 0.0544. The van der Waals surface area contributed by atoms with Gasteiger partial charge in [-0.2, -0.15) is 4.98 Å². The largest absolute Gasteiger partial charge is 0.474 e. The summed E-state index contributed by atoms with van der Waals surface area (Å²) in [6, 6.07) is 5.25. The van der Waals surface area contributed by atoms with E-state index in [4.69, 9.17) is 4.74 Å². The van der Waals surface area contributed by atoms with E-state index in [1.165, 1.54) is 0 Å². The fraction of sp³-hybridized carbons (Fsp3) is 0.375. The number of aryl methyl sites for hydroxylation is 1. The lowest BCUT2D eigenvalue weighted by atomic mass is 10.1. The average Bonchev–Trinajstić information content (AvgIpc) is 2.56. The highest BCUT2D eigenvalue weighted by atomic mass is 16.5. The van der Waals surface area contributed by atoms with E-state index in [9.17, 15) is 4.79 Å². The van der Waals surface area contributed by atoms with Gasteiger partial charge >= 0.3 is 0 Å². The predicted molar refractivity (Wildman–Crippen MR) is 80.6 cm³/mol. The van der Waals surface area contributed by atoms with Crippen LogP contribution < -0.4 is 4.74 Å². The van der Waals surface area contributed by atoms with Gasteiger partial charge < -0.3 is 9.64 Å². The molecule has 6 heteroatoms. The summed E-state index contributed by atoms with van der Waals surface area (Å²) < 4.78 is 5.87. The molecule has 2 aromatic rings. The molecule has 0 bridgehead atoms. The van der Waals surface area contributed by atoms with Crippen molar-refractivity contribution in [1.29, 1.82) is 0 Å². The molecule has 0 unspecified atom stereocenters. The first kappa shape index (κ1) is 14.4. The topological polar surface area (TPSA) is 68.2 Å². The van der Waals surface area contributed by atoms with E-state index >= 15 is 0 Å². The van der Waals surface area contributed by atoms with Gasteiger partial charge in [-0.1, -0.05) is 0 Å². The molecule has 0 radical (unpaired) electrons. The van der Waals surface area contributed by atoms with Crippen molar-refractivity contribution in [1.82, 2.24) is 19.9 Å². The standard InChI is InChI=1S/C16H18N4O2/c1-12-18-9-4-15(19-12)22-14-5-10-20(11-6-14)16(21)13-2-7-17-8-3-13/h2-4,7-9,14H,5-6,10-11H2,1H3. The van der Waals surface area contributed by atoms with E-state index in [2.05, 4.69) is 15.0 Å². The van der Waals surface area contributed by atoms with Crippen LogP contribution in [0.1, 0.15) is 29.0 Å². The van der Waals surface area contributed by atoms with Gasteiger partial charge in [-0.15, -0.1) is 0 Å². The van der Waals surface area contributed by atoms with Gasteiger partial charge in [-0.3, -0.25) is 9.78 Å². The third-order valence-corrected chi connectivity index (χ3v) is 3.69. The maximum Gasteiger partial charge on any atom is 0.253 e. The normalized spacial score (nSPS) is 15.6. The number of carbonyl (C=O) groups is 1. The van der Waals surface area contributed by atoms with E-state index in [-0.39, 0.29) is 12.0 Å². The third kappa shape index (κ3) is 3.39. The van der Waals surface area contributed by atoms with Gasteiger partial charge in [0.2, 0.25) is 5.88 Å². The SMILES string of the molecule is Cc1nccc(OC2CCN(C(=O)c3ccncc3)CC2)n1. The van der Waals surface area contributed by atoms with Crippen LogP contribution in [0.4, 0.5) is 0 Å². The number of amides is 1. The van der Waals surface area contributed by atoms with Crippen molar-refractivity contribution in [2.24, 2.45) is 0 Å². The number of carbonyl (C=O) groups excluding carboxylic acids is 1. The molecule has 0 aliphatic carbocycles. The van der Waals surface area contributed by atoms with E-state index in [1.54, 1.807) is 36.8 Å². The second-order valence-corrected chi connectivity index (χ2v) is 5.29. The molecule has 0 aromatic carbocycles. The Balaban J connectivity index is 1.55. The van der Waals surface area contributed by atoms with Gasteiger partial charge in [0.25, 0.3) is 5.91 Å². The maximum absolute atomic E-state index is 12.3. The van der Waals surface area contributed by atoms with Crippen LogP contribution in [0.2, 0.25) is 0 Å². The van der Waals surface area contributed by atoms with Crippen molar-refractivity contribution in [3.8, 4) is 5.88 Å². The molecule has 0 atom stereocenters. The Hall–Kier alpha value is -2.50. The minimum atomic E-state index is 0.0544. The molecule has 114 valence electrons. The summed E-state index contributed by atoms with van der Waals surface area (Å²) in [6.07, 6.45) is 6.68. The molecular weight excluding hydrogens is 280 g/mol. The van der Waals surface area contributed by atoms with Crippen LogP contribution >= 0.6 is 0 Å². The lowest BCUT2D eigenvalue weighted by molar-refractivity contribution is 0.0587. The van der Waals surface area contributed by atoms with Gasteiger partial charge in [0, 0.05) is 56.2 Å². The van der Waals surface area contributed by atoms with Crippen LogP contribution in [-0.2, 0) is 0 Å². The number of likely N-dealkylation sites (tertiary alicyclic amines) is 1. The Labute approximate surface area is 129 Å². The maximum atomic E-state index is 12.3. The number of pyridine rings is 1. The summed E-state index contributed by atoms with van der Waals surface area (Å²) >= 11 is 0. The molecule has 22 heavy (non-hydrogen) atoms. The minimum Gasteiger partial charge on any atom is -0.474 e. The lowest BCUT2D eigenvalue weighted by Gasteiger charge is -2.32. The summed E-state index contributed by atoms with van der Waals surface area (Å²) in [5, 5.41) is 0. The first-order valence-corrected chi connectivity index (χ1v) is 7.38. The smallest absolute Gasteiger partial charge is 0.253 e. The lowest BCUT2D eigenvalue weighted by Crippen LogP contribution is -2.41. The van der Waals surface area contributed by atoms with Crippen LogP contribution in [0.15, 0.2) is 36.8 Å². The number of nitrogens with zero attached hydrogens (tertiary/aromatic N) is 4. The van der Waals surface area contributed by atoms with E-state index in [0.717, 1.165) is 12.8 Å². The average molecular weight is 298 g/mol. The zero-order valence-electron chi connectivity index (χ0n) is 12.5. The fourth-order valence-electron chi connectivity index (χ4n) is 2.52. The summed E-state index contributed by atoms with van der Waals surface area (Å²) in [4.78, 5) is 26.4. The van der Waals surface area contributed by atoms with Crippen LogP contribution in [-0.4, -0.2) is 45.0 Å². The van der Waals surface area contributed by atoms with Crippen LogP contribution in [0.5, 0.6) is 5.88 Å². The van der Waals surface area contributed by atoms with Crippen molar-refractivity contribution in [3.63, 3.8) is 0 Å². The highest BCUT2D eigenvalue weighted by molar-refractivity contribution is 5.94. The number of ether oxygens (including phenoxy) is 1. The van der Waals surface area contributed by atoms with E-state index in [1.807, 2.05) is 11.8 Å². The van der Waals surface area contributed by atoms with Crippen molar-refractivity contribution >= 4 is 5.91 Å². The Morgan fingerprint density at radius 1 is 1.18 bits per heavy atom. The number of hydrogen-bond donors (Lipinski definition) is 0. The molecule has 1 aliphatic heterocycles. The number of hydrogen-bond acceptors (Lipinski definition) is 5. The molecule has 1 saturated heterocycles. The molecule has 1 aliphatic rings. The Morgan fingerprint density at radius 3 is 2.59 bits per heavy atom. The van der Waals surface area contributed by atoms with Gasteiger partial charge in [0.1, 0.15) is 11.9 Å². The molecule has 1 fully saturated rings. The highest BCUT2D eigenvalue weighted by Gasteiger charge is 2.24. The highest BCUT2D eigenvalue weighted by Crippen LogP contribution is 2.18. The van der Waals surface area contributed by atoms with Crippen molar-refractivity contribution in [2.75, 3.05) is 13.1 Å². The molecule has 1 amide bonds. The van der Waals surface area contributed by atoms with Gasteiger partial charge in [-0.25, -0.2) is 4.98 Å².